The monoisotopic (exact) mass is 314 g/mol. The van der Waals surface area contributed by atoms with Crippen molar-refractivity contribution in [1.82, 2.24) is 14.7 Å². The van der Waals surface area contributed by atoms with Gasteiger partial charge in [-0.05, 0) is 18.7 Å². The average Bonchev–Trinajstić information content (AvgIpc) is 3.13. The lowest BCUT2D eigenvalue weighted by atomic mass is 10.2. The fourth-order valence-corrected chi connectivity index (χ4v) is 2.84. The van der Waals surface area contributed by atoms with E-state index in [-0.39, 0.29) is 12.2 Å². The van der Waals surface area contributed by atoms with Gasteiger partial charge in [0.25, 0.3) is 0 Å². The Bertz CT molecular complexity index is 656. The highest BCUT2D eigenvalue weighted by molar-refractivity contribution is 5.89. The number of para-hydroxylation sites is 1. The molecule has 2 aromatic rings. The van der Waals surface area contributed by atoms with Gasteiger partial charge in [-0.2, -0.15) is 5.10 Å². The van der Waals surface area contributed by atoms with Gasteiger partial charge in [0.1, 0.15) is 6.10 Å². The number of nitrogens with zero attached hydrogens (tertiary/aromatic N) is 4. The molecule has 1 aliphatic rings. The van der Waals surface area contributed by atoms with Crippen molar-refractivity contribution in [2.24, 2.45) is 7.05 Å². The zero-order chi connectivity index (χ0) is 16.2. The van der Waals surface area contributed by atoms with Gasteiger partial charge in [0.05, 0.1) is 12.7 Å². The van der Waals surface area contributed by atoms with Crippen LogP contribution in [-0.2, 0) is 18.3 Å². The van der Waals surface area contributed by atoms with Crippen molar-refractivity contribution in [3.63, 3.8) is 0 Å². The van der Waals surface area contributed by atoms with Crippen LogP contribution in [0.25, 0.3) is 0 Å². The molecule has 6 nitrogen and oxygen atoms in total. The molecule has 1 aromatic heterocycles. The molecule has 122 valence electrons. The molecule has 1 fully saturated rings. The number of carbonyl (C=O) groups is 1. The highest BCUT2D eigenvalue weighted by Gasteiger charge is 2.33. The molecule has 23 heavy (non-hydrogen) atoms. The molecule has 0 bridgehead atoms. The molecule has 6 heteroatoms. The molecule has 0 radical (unpaired) electrons. The lowest BCUT2D eigenvalue weighted by Crippen LogP contribution is -2.34. The Balaban J connectivity index is 1.60. The number of carbonyl (C=O) groups excluding carboxylic acids is 1. The van der Waals surface area contributed by atoms with Crippen molar-refractivity contribution in [2.75, 3.05) is 24.5 Å². The van der Waals surface area contributed by atoms with E-state index in [1.54, 1.807) is 9.58 Å². The first-order chi connectivity index (χ1) is 11.2. The molecular weight excluding hydrogens is 292 g/mol. The maximum absolute atomic E-state index is 12.1. The van der Waals surface area contributed by atoms with Crippen molar-refractivity contribution < 1.29 is 9.53 Å². The maximum atomic E-state index is 12.1. The first kappa shape index (κ1) is 15.6. The third-order valence-corrected chi connectivity index (χ3v) is 4.02. The first-order valence-electron chi connectivity index (χ1n) is 7.88. The Kier molecular flexibility index (Phi) is 4.62. The maximum Gasteiger partial charge on any atom is 0.414 e. The predicted molar refractivity (Wildman–Crippen MR) is 88.2 cm³/mol. The molecule has 0 saturated carbocycles. The second kappa shape index (κ2) is 6.83. The van der Waals surface area contributed by atoms with Crippen LogP contribution in [0.15, 0.2) is 42.7 Å². The Hall–Kier alpha value is -2.34. The standard InChI is InChI=1S/C17H22N4O2/c1-3-20(11-14-9-18-19(2)10-14)12-16-13-21(17(22)23-16)15-7-5-4-6-8-15/h4-10,16H,3,11-13H2,1-2H3/t16-/m0/s1. The van der Waals surface area contributed by atoms with E-state index in [4.69, 9.17) is 4.74 Å². The second-order valence-electron chi connectivity index (χ2n) is 5.80. The number of hydrogen-bond acceptors (Lipinski definition) is 4. The number of aromatic nitrogens is 2. The number of cyclic esters (lactones) is 1. The van der Waals surface area contributed by atoms with Crippen molar-refractivity contribution in [3.05, 3.63) is 48.3 Å². The van der Waals surface area contributed by atoms with E-state index in [9.17, 15) is 4.79 Å². The van der Waals surface area contributed by atoms with Gasteiger partial charge in [-0.3, -0.25) is 14.5 Å². The van der Waals surface area contributed by atoms with Crippen LogP contribution in [0.1, 0.15) is 12.5 Å². The molecule has 1 amide bonds. The van der Waals surface area contributed by atoms with Crippen LogP contribution in [0.5, 0.6) is 0 Å². The largest absolute Gasteiger partial charge is 0.443 e. The van der Waals surface area contributed by atoms with Crippen molar-refractivity contribution in [2.45, 2.75) is 19.6 Å². The van der Waals surface area contributed by atoms with E-state index in [0.717, 1.165) is 25.3 Å². The lowest BCUT2D eigenvalue weighted by molar-refractivity contribution is 0.108. The van der Waals surface area contributed by atoms with Gasteiger partial charge in [-0.1, -0.05) is 25.1 Å². The minimum atomic E-state index is -0.265. The summed E-state index contributed by atoms with van der Waals surface area (Å²) in [5, 5.41) is 4.20. The predicted octanol–water partition coefficient (Wildman–Crippen LogP) is 2.27. The van der Waals surface area contributed by atoms with E-state index in [2.05, 4.69) is 16.9 Å². The number of rotatable bonds is 6. The summed E-state index contributed by atoms with van der Waals surface area (Å²) in [4.78, 5) is 16.1. The minimum Gasteiger partial charge on any atom is -0.443 e. The normalized spacial score (nSPS) is 17.8. The van der Waals surface area contributed by atoms with Gasteiger partial charge in [0, 0.05) is 37.6 Å². The Labute approximate surface area is 136 Å². The van der Waals surface area contributed by atoms with Crippen molar-refractivity contribution in [3.8, 4) is 0 Å². The van der Waals surface area contributed by atoms with Gasteiger partial charge in [0.15, 0.2) is 0 Å². The number of benzene rings is 1. The smallest absolute Gasteiger partial charge is 0.414 e. The number of anilines is 1. The van der Waals surface area contributed by atoms with Gasteiger partial charge in [-0.15, -0.1) is 0 Å². The number of ether oxygens (including phenoxy) is 1. The molecular formula is C17H22N4O2. The summed E-state index contributed by atoms with van der Waals surface area (Å²) in [6.45, 7) is 5.13. The SMILES string of the molecule is CCN(Cc1cnn(C)c1)C[C@H]1CN(c2ccccc2)C(=O)O1. The molecule has 1 saturated heterocycles. The fraction of sp³-hybridized carbons (Fsp3) is 0.412. The van der Waals surface area contributed by atoms with Crippen molar-refractivity contribution >= 4 is 11.8 Å². The van der Waals surface area contributed by atoms with E-state index >= 15 is 0 Å². The summed E-state index contributed by atoms with van der Waals surface area (Å²) >= 11 is 0. The van der Waals surface area contributed by atoms with Gasteiger partial charge < -0.3 is 4.74 Å². The lowest BCUT2D eigenvalue weighted by Gasteiger charge is -2.22. The van der Waals surface area contributed by atoms with Crippen LogP contribution in [0, 0.1) is 0 Å². The quantitative estimate of drug-likeness (QED) is 0.821. The van der Waals surface area contributed by atoms with E-state index in [0.29, 0.717) is 6.54 Å². The van der Waals surface area contributed by atoms with E-state index < -0.39 is 0 Å². The van der Waals surface area contributed by atoms with Crippen LogP contribution in [0.2, 0.25) is 0 Å². The minimum absolute atomic E-state index is 0.112. The van der Waals surface area contributed by atoms with E-state index in [1.165, 1.54) is 5.56 Å². The summed E-state index contributed by atoms with van der Waals surface area (Å²) < 4.78 is 7.33. The zero-order valence-corrected chi connectivity index (χ0v) is 13.6. The van der Waals surface area contributed by atoms with E-state index in [1.807, 2.05) is 49.8 Å². The number of likely N-dealkylation sites (N-methyl/N-ethyl adjacent to an activating group) is 1. The number of aryl methyl sites for hydroxylation is 1. The Morgan fingerprint density at radius 3 is 2.78 bits per heavy atom. The molecule has 2 heterocycles. The van der Waals surface area contributed by atoms with Crippen molar-refractivity contribution in [1.29, 1.82) is 0 Å². The number of hydrogen-bond donors (Lipinski definition) is 0. The average molecular weight is 314 g/mol. The molecule has 0 unspecified atom stereocenters. The Morgan fingerprint density at radius 1 is 1.35 bits per heavy atom. The van der Waals surface area contributed by atoms with Gasteiger partial charge in [-0.25, -0.2) is 4.79 Å². The second-order valence-corrected chi connectivity index (χ2v) is 5.80. The van der Waals surface area contributed by atoms with Crippen LogP contribution >= 0.6 is 0 Å². The van der Waals surface area contributed by atoms with Gasteiger partial charge in [0.2, 0.25) is 0 Å². The van der Waals surface area contributed by atoms with Crippen LogP contribution in [0.3, 0.4) is 0 Å². The zero-order valence-electron chi connectivity index (χ0n) is 13.6. The number of amides is 1. The molecule has 1 aromatic carbocycles. The molecule has 3 rings (SSSR count). The van der Waals surface area contributed by atoms with Gasteiger partial charge >= 0.3 is 6.09 Å². The molecule has 0 spiro atoms. The Morgan fingerprint density at radius 2 is 2.13 bits per heavy atom. The highest BCUT2D eigenvalue weighted by atomic mass is 16.6. The summed E-state index contributed by atoms with van der Waals surface area (Å²) in [6, 6.07) is 9.65. The molecule has 0 aliphatic carbocycles. The van der Waals surface area contributed by atoms with Crippen LogP contribution in [0.4, 0.5) is 10.5 Å². The highest BCUT2D eigenvalue weighted by Crippen LogP contribution is 2.21. The first-order valence-corrected chi connectivity index (χ1v) is 7.88. The fourth-order valence-electron chi connectivity index (χ4n) is 2.84. The third kappa shape index (κ3) is 3.71. The molecule has 1 aliphatic heterocycles. The van der Waals surface area contributed by atoms with Crippen LogP contribution in [-0.4, -0.2) is 46.5 Å². The molecule has 1 atom stereocenters. The summed E-state index contributed by atoms with van der Waals surface area (Å²) in [6.07, 6.45) is 3.51. The summed E-state index contributed by atoms with van der Waals surface area (Å²) in [7, 11) is 1.91. The van der Waals surface area contributed by atoms with Crippen LogP contribution < -0.4 is 4.90 Å². The molecule has 0 N–H and O–H groups in total. The third-order valence-electron chi connectivity index (χ3n) is 4.02. The summed E-state index contributed by atoms with van der Waals surface area (Å²) in [5.74, 6) is 0. The topological polar surface area (TPSA) is 50.6 Å². The summed E-state index contributed by atoms with van der Waals surface area (Å²) in [5.41, 5.74) is 2.05.